The summed E-state index contributed by atoms with van der Waals surface area (Å²) in [5.74, 6) is 2.52. The largest absolute Gasteiger partial charge is 0.368 e. The van der Waals surface area contributed by atoms with Crippen molar-refractivity contribution in [2.45, 2.75) is 19.8 Å². The Morgan fingerprint density at radius 2 is 1.94 bits per heavy atom. The van der Waals surface area contributed by atoms with Crippen LogP contribution in [-0.4, -0.2) is 24.6 Å². The van der Waals surface area contributed by atoms with E-state index < -0.39 is 0 Å². The van der Waals surface area contributed by atoms with Crippen molar-refractivity contribution in [1.29, 1.82) is 0 Å². The van der Waals surface area contributed by atoms with Gasteiger partial charge in [-0.1, -0.05) is 19.9 Å². The summed E-state index contributed by atoms with van der Waals surface area (Å²) in [6.45, 7) is 6.10. The molecule has 3 heteroatoms. The minimum Gasteiger partial charge on any atom is -0.368 e. The average Bonchev–Trinajstić information content (AvgIpc) is 2.30. The SMILES string of the molecule is CC(C)c1ccc(N2CCSCC2)c(F)c1. The minimum atomic E-state index is -0.0712. The van der Waals surface area contributed by atoms with Gasteiger partial charge in [0.25, 0.3) is 0 Å². The second kappa shape index (κ2) is 5.09. The van der Waals surface area contributed by atoms with E-state index in [1.807, 2.05) is 23.9 Å². The highest BCUT2D eigenvalue weighted by molar-refractivity contribution is 7.99. The summed E-state index contributed by atoms with van der Waals surface area (Å²) in [6, 6.07) is 5.66. The predicted octanol–water partition coefficient (Wildman–Crippen LogP) is 3.50. The molecule has 0 N–H and O–H groups in total. The number of anilines is 1. The molecule has 0 saturated carbocycles. The number of hydrogen-bond donors (Lipinski definition) is 0. The number of hydrogen-bond acceptors (Lipinski definition) is 2. The van der Waals surface area contributed by atoms with E-state index in [0.29, 0.717) is 5.92 Å². The van der Waals surface area contributed by atoms with Gasteiger partial charge < -0.3 is 4.90 Å². The molecule has 1 fully saturated rings. The Kier molecular flexibility index (Phi) is 3.74. The zero-order valence-electron chi connectivity index (χ0n) is 9.87. The summed E-state index contributed by atoms with van der Waals surface area (Å²) in [5, 5.41) is 0. The van der Waals surface area contributed by atoms with Crippen LogP contribution >= 0.6 is 11.8 Å². The molecule has 1 saturated heterocycles. The summed E-state index contributed by atoms with van der Waals surface area (Å²) < 4.78 is 13.9. The van der Waals surface area contributed by atoms with Crippen LogP contribution in [-0.2, 0) is 0 Å². The van der Waals surface area contributed by atoms with Gasteiger partial charge in [-0.15, -0.1) is 0 Å². The standard InChI is InChI=1S/C13H18FNS/c1-10(2)11-3-4-13(12(14)9-11)15-5-7-16-8-6-15/h3-4,9-10H,5-8H2,1-2H3. The van der Waals surface area contributed by atoms with Crippen molar-refractivity contribution >= 4 is 17.4 Å². The molecule has 0 aromatic heterocycles. The lowest BCUT2D eigenvalue weighted by atomic mass is 10.0. The van der Waals surface area contributed by atoms with Crippen LogP contribution in [0, 0.1) is 5.82 Å². The highest BCUT2D eigenvalue weighted by atomic mass is 32.2. The van der Waals surface area contributed by atoms with Gasteiger partial charge in [-0.25, -0.2) is 4.39 Å². The van der Waals surface area contributed by atoms with Gasteiger partial charge in [0.1, 0.15) is 5.82 Å². The van der Waals surface area contributed by atoms with Gasteiger partial charge in [0.05, 0.1) is 5.69 Å². The Labute approximate surface area is 101 Å². The fourth-order valence-electron chi connectivity index (χ4n) is 1.94. The lowest BCUT2D eigenvalue weighted by Crippen LogP contribution is -2.33. The Balaban J connectivity index is 2.21. The minimum absolute atomic E-state index is 0.0712. The molecule has 88 valence electrons. The van der Waals surface area contributed by atoms with Crippen molar-refractivity contribution in [3.8, 4) is 0 Å². The zero-order chi connectivity index (χ0) is 11.5. The van der Waals surface area contributed by atoms with E-state index in [0.717, 1.165) is 35.8 Å². The zero-order valence-corrected chi connectivity index (χ0v) is 10.7. The topological polar surface area (TPSA) is 3.24 Å². The molecular formula is C13H18FNS. The van der Waals surface area contributed by atoms with E-state index in [1.54, 1.807) is 6.07 Å². The maximum absolute atomic E-state index is 13.9. The molecule has 1 aromatic rings. The van der Waals surface area contributed by atoms with Crippen LogP contribution in [0.15, 0.2) is 18.2 Å². The second-order valence-electron chi connectivity index (χ2n) is 4.46. The maximum atomic E-state index is 13.9. The molecule has 1 nitrogen and oxygen atoms in total. The molecule has 1 aliphatic heterocycles. The van der Waals surface area contributed by atoms with E-state index in [1.165, 1.54) is 0 Å². The maximum Gasteiger partial charge on any atom is 0.146 e. The summed E-state index contributed by atoms with van der Waals surface area (Å²) >= 11 is 1.94. The third-order valence-electron chi connectivity index (χ3n) is 2.99. The van der Waals surface area contributed by atoms with Crippen molar-refractivity contribution in [3.05, 3.63) is 29.6 Å². The molecule has 1 heterocycles. The molecule has 2 rings (SSSR count). The van der Waals surface area contributed by atoms with Gasteiger partial charge in [-0.05, 0) is 23.6 Å². The number of halogens is 1. The highest BCUT2D eigenvalue weighted by Crippen LogP contribution is 2.26. The van der Waals surface area contributed by atoms with E-state index in [-0.39, 0.29) is 5.82 Å². The number of thioether (sulfide) groups is 1. The molecule has 0 amide bonds. The normalized spacial score (nSPS) is 16.9. The molecule has 0 atom stereocenters. The monoisotopic (exact) mass is 239 g/mol. The summed E-state index contributed by atoms with van der Waals surface area (Å²) in [4.78, 5) is 2.15. The van der Waals surface area contributed by atoms with Crippen molar-refractivity contribution in [1.82, 2.24) is 0 Å². The summed E-state index contributed by atoms with van der Waals surface area (Å²) in [5.41, 5.74) is 1.84. The number of nitrogens with zero attached hydrogens (tertiary/aromatic N) is 1. The Bertz CT molecular complexity index is 359. The van der Waals surface area contributed by atoms with Crippen LogP contribution in [0.4, 0.5) is 10.1 Å². The quantitative estimate of drug-likeness (QED) is 0.777. The fourth-order valence-corrected chi connectivity index (χ4v) is 2.85. The highest BCUT2D eigenvalue weighted by Gasteiger charge is 2.15. The molecule has 0 spiro atoms. The Morgan fingerprint density at radius 3 is 2.50 bits per heavy atom. The van der Waals surface area contributed by atoms with E-state index in [9.17, 15) is 4.39 Å². The molecule has 1 aromatic carbocycles. The van der Waals surface area contributed by atoms with Crippen molar-refractivity contribution in [2.75, 3.05) is 29.5 Å². The van der Waals surface area contributed by atoms with Crippen LogP contribution in [0.1, 0.15) is 25.3 Å². The van der Waals surface area contributed by atoms with E-state index in [2.05, 4.69) is 18.7 Å². The van der Waals surface area contributed by atoms with Gasteiger partial charge in [0, 0.05) is 24.6 Å². The van der Waals surface area contributed by atoms with Gasteiger partial charge in [-0.2, -0.15) is 11.8 Å². The lowest BCUT2D eigenvalue weighted by molar-refractivity contribution is 0.615. The molecule has 16 heavy (non-hydrogen) atoms. The van der Waals surface area contributed by atoms with Crippen molar-refractivity contribution in [2.24, 2.45) is 0 Å². The van der Waals surface area contributed by atoms with Crippen molar-refractivity contribution < 1.29 is 4.39 Å². The van der Waals surface area contributed by atoms with Crippen molar-refractivity contribution in [3.63, 3.8) is 0 Å². The van der Waals surface area contributed by atoms with E-state index in [4.69, 9.17) is 0 Å². The first-order valence-electron chi connectivity index (χ1n) is 5.80. The van der Waals surface area contributed by atoms with Gasteiger partial charge in [0.2, 0.25) is 0 Å². The van der Waals surface area contributed by atoms with Crippen LogP contribution in [0.5, 0.6) is 0 Å². The molecule has 1 aliphatic rings. The number of benzene rings is 1. The molecular weight excluding hydrogens is 221 g/mol. The van der Waals surface area contributed by atoms with E-state index >= 15 is 0 Å². The molecule has 0 unspecified atom stereocenters. The van der Waals surface area contributed by atoms with Gasteiger partial charge in [-0.3, -0.25) is 0 Å². The third-order valence-corrected chi connectivity index (χ3v) is 3.93. The number of rotatable bonds is 2. The van der Waals surface area contributed by atoms with Crippen LogP contribution in [0.2, 0.25) is 0 Å². The average molecular weight is 239 g/mol. The van der Waals surface area contributed by atoms with Crippen LogP contribution in [0.25, 0.3) is 0 Å². The third kappa shape index (κ3) is 2.51. The van der Waals surface area contributed by atoms with Crippen LogP contribution < -0.4 is 4.90 Å². The van der Waals surface area contributed by atoms with Crippen LogP contribution in [0.3, 0.4) is 0 Å². The first-order chi connectivity index (χ1) is 7.68. The first kappa shape index (κ1) is 11.8. The second-order valence-corrected chi connectivity index (χ2v) is 5.69. The summed E-state index contributed by atoms with van der Waals surface area (Å²) in [7, 11) is 0. The predicted molar refractivity (Wildman–Crippen MR) is 70.0 cm³/mol. The molecule has 0 aliphatic carbocycles. The molecule has 0 radical (unpaired) electrons. The Morgan fingerprint density at radius 1 is 1.25 bits per heavy atom. The van der Waals surface area contributed by atoms with Gasteiger partial charge >= 0.3 is 0 Å². The Hall–Kier alpha value is -0.700. The lowest BCUT2D eigenvalue weighted by Gasteiger charge is -2.29. The fraction of sp³-hybridized carbons (Fsp3) is 0.538. The first-order valence-corrected chi connectivity index (χ1v) is 6.96. The molecule has 0 bridgehead atoms. The smallest absolute Gasteiger partial charge is 0.146 e. The summed E-state index contributed by atoms with van der Waals surface area (Å²) in [6.07, 6.45) is 0. The van der Waals surface area contributed by atoms with Gasteiger partial charge in [0.15, 0.2) is 0 Å².